The molecule has 102 valence electrons. The SMILES string of the molecule is O[C@H](CSc1n[nH]c(-c2ccccc2)n1)C(F)(F)F. The van der Waals surface area contributed by atoms with Crippen LogP contribution in [0, 0.1) is 0 Å². The molecule has 0 radical (unpaired) electrons. The topological polar surface area (TPSA) is 61.8 Å². The van der Waals surface area contributed by atoms with E-state index < -0.39 is 18.0 Å². The van der Waals surface area contributed by atoms with E-state index >= 15 is 0 Å². The number of halogens is 3. The molecule has 1 atom stereocenters. The molecule has 2 N–H and O–H groups in total. The van der Waals surface area contributed by atoms with Crippen LogP contribution in [0.3, 0.4) is 0 Å². The Labute approximate surface area is 111 Å². The minimum Gasteiger partial charge on any atom is -0.383 e. The Morgan fingerprint density at radius 1 is 1.26 bits per heavy atom. The highest BCUT2D eigenvalue weighted by atomic mass is 32.2. The van der Waals surface area contributed by atoms with E-state index in [1.807, 2.05) is 18.2 Å². The van der Waals surface area contributed by atoms with Gasteiger partial charge in [-0.1, -0.05) is 42.1 Å². The number of nitrogens with zero attached hydrogens (tertiary/aromatic N) is 2. The number of hydrogen-bond acceptors (Lipinski definition) is 4. The highest BCUT2D eigenvalue weighted by Crippen LogP contribution is 2.26. The van der Waals surface area contributed by atoms with Crippen LogP contribution >= 0.6 is 11.8 Å². The summed E-state index contributed by atoms with van der Waals surface area (Å²) in [6.07, 6.45) is -7.00. The lowest BCUT2D eigenvalue weighted by molar-refractivity contribution is -0.195. The molecule has 0 unspecified atom stereocenters. The number of aliphatic hydroxyl groups excluding tert-OH is 1. The van der Waals surface area contributed by atoms with Crippen molar-refractivity contribution in [2.75, 3.05) is 5.75 Å². The van der Waals surface area contributed by atoms with Crippen LogP contribution < -0.4 is 0 Å². The zero-order valence-electron chi connectivity index (χ0n) is 9.55. The molecule has 2 rings (SSSR count). The summed E-state index contributed by atoms with van der Waals surface area (Å²) in [5.41, 5.74) is 0.790. The fourth-order valence-corrected chi connectivity index (χ4v) is 2.05. The zero-order chi connectivity index (χ0) is 13.9. The monoisotopic (exact) mass is 289 g/mol. The number of benzene rings is 1. The maximum Gasteiger partial charge on any atom is 0.415 e. The van der Waals surface area contributed by atoms with Gasteiger partial charge in [0, 0.05) is 11.3 Å². The molecule has 0 aliphatic rings. The molecule has 0 amide bonds. The summed E-state index contributed by atoms with van der Waals surface area (Å²) >= 11 is 0.747. The minimum absolute atomic E-state index is 0.169. The molecule has 0 aliphatic carbocycles. The number of H-pyrrole nitrogens is 1. The third-order valence-corrected chi connectivity index (χ3v) is 3.18. The molecule has 2 aromatic rings. The number of aliphatic hydroxyl groups is 1. The first-order valence-electron chi connectivity index (χ1n) is 5.32. The number of alkyl halides is 3. The van der Waals surface area contributed by atoms with Crippen molar-refractivity contribution in [3.63, 3.8) is 0 Å². The Morgan fingerprint density at radius 2 is 1.95 bits per heavy atom. The van der Waals surface area contributed by atoms with E-state index in [1.54, 1.807) is 12.1 Å². The molecular weight excluding hydrogens is 279 g/mol. The quantitative estimate of drug-likeness (QED) is 0.849. The van der Waals surface area contributed by atoms with Crippen LogP contribution in [0.15, 0.2) is 35.5 Å². The molecule has 8 heteroatoms. The van der Waals surface area contributed by atoms with E-state index in [9.17, 15) is 13.2 Å². The minimum atomic E-state index is -4.62. The van der Waals surface area contributed by atoms with Crippen LogP contribution in [-0.2, 0) is 0 Å². The Kier molecular flexibility index (Phi) is 4.11. The summed E-state index contributed by atoms with van der Waals surface area (Å²) in [6, 6.07) is 9.09. The lowest BCUT2D eigenvalue weighted by atomic mass is 10.2. The van der Waals surface area contributed by atoms with E-state index in [1.165, 1.54) is 0 Å². The molecule has 1 aromatic carbocycles. The normalized spacial score (nSPS) is 13.5. The smallest absolute Gasteiger partial charge is 0.383 e. The predicted molar refractivity (Wildman–Crippen MR) is 64.6 cm³/mol. The molecular formula is C11H10F3N3OS. The predicted octanol–water partition coefficient (Wildman–Crippen LogP) is 2.49. The molecule has 1 heterocycles. The number of thioether (sulfide) groups is 1. The summed E-state index contributed by atoms with van der Waals surface area (Å²) in [6.45, 7) is 0. The van der Waals surface area contributed by atoms with Gasteiger partial charge in [0.15, 0.2) is 11.9 Å². The maximum absolute atomic E-state index is 12.1. The van der Waals surface area contributed by atoms with Crippen molar-refractivity contribution in [3.8, 4) is 11.4 Å². The summed E-state index contributed by atoms with van der Waals surface area (Å²) in [5.74, 6) is -0.0557. The van der Waals surface area contributed by atoms with Gasteiger partial charge in [-0.05, 0) is 0 Å². The van der Waals surface area contributed by atoms with Gasteiger partial charge in [0.25, 0.3) is 0 Å². The first-order valence-corrected chi connectivity index (χ1v) is 6.31. The molecule has 1 aromatic heterocycles. The molecule has 0 spiro atoms. The molecule has 0 bridgehead atoms. The molecule has 0 saturated heterocycles. The van der Waals surface area contributed by atoms with Crippen molar-refractivity contribution >= 4 is 11.8 Å². The fourth-order valence-electron chi connectivity index (χ4n) is 1.28. The van der Waals surface area contributed by atoms with Crippen molar-refractivity contribution in [1.29, 1.82) is 0 Å². The average Bonchev–Trinajstić information content (AvgIpc) is 2.84. The molecule has 0 fully saturated rings. The Bertz CT molecular complexity index is 529. The highest BCUT2D eigenvalue weighted by Gasteiger charge is 2.38. The van der Waals surface area contributed by atoms with Gasteiger partial charge in [-0.25, -0.2) is 4.98 Å². The number of hydrogen-bond donors (Lipinski definition) is 2. The molecule has 4 nitrogen and oxygen atoms in total. The second-order valence-corrected chi connectivity index (χ2v) is 4.69. The number of rotatable bonds is 4. The third kappa shape index (κ3) is 3.71. The summed E-state index contributed by atoms with van der Waals surface area (Å²) in [5, 5.41) is 15.5. The van der Waals surface area contributed by atoms with Crippen LogP contribution in [0.25, 0.3) is 11.4 Å². The van der Waals surface area contributed by atoms with Gasteiger partial charge >= 0.3 is 6.18 Å². The van der Waals surface area contributed by atoms with Crippen molar-refractivity contribution in [2.24, 2.45) is 0 Å². The second-order valence-electron chi connectivity index (χ2n) is 3.70. The highest BCUT2D eigenvalue weighted by molar-refractivity contribution is 7.99. The van der Waals surface area contributed by atoms with E-state index in [0.717, 1.165) is 17.3 Å². The van der Waals surface area contributed by atoms with Gasteiger partial charge < -0.3 is 5.11 Å². The summed E-state index contributed by atoms with van der Waals surface area (Å²) in [7, 11) is 0. The van der Waals surface area contributed by atoms with Crippen molar-refractivity contribution < 1.29 is 18.3 Å². The maximum atomic E-state index is 12.1. The molecule has 0 saturated carbocycles. The van der Waals surface area contributed by atoms with Gasteiger partial charge in [-0.15, -0.1) is 5.10 Å². The fraction of sp³-hybridized carbons (Fsp3) is 0.273. The Hall–Kier alpha value is -1.54. The van der Waals surface area contributed by atoms with Crippen molar-refractivity contribution in [2.45, 2.75) is 17.4 Å². The standard InChI is InChI=1S/C11H10F3N3OS/c12-11(13,14)8(18)6-19-10-15-9(16-17-10)7-4-2-1-3-5-7/h1-5,8,18H,6H2,(H,15,16,17)/t8-/m1/s1. The Balaban J connectivity index is 1.99. The van der Waals surface area contributed by atoms with Crippen molar-refractivity contribution in [3.05, 3.63) is 30.3 Å². The zero-order valence-corrected chi connectivity index (χ0v) is 10.4. The van der Waals surface area contributed by atoms with Crippen LogP contribution in [0.2, 0.25) is 0 Å². The largest absolute Gasteiger partial charge is 0.415 e. The first-order chi connectivity index (χ1) is 8.97. The van der Waals surface area contributed by atoms with E-state index in [4.69, 9.17) is 5.11 Å². The number of aromatic nitrogens is 3. The number of nitrogens with one attached hydrogen (secondary N) is 1. The Morgan fingerprint density at radius 3 is 2.58 bits per heavy atom. The third-order valence-electron chi connectivity index (χ3n) is 2.26. The van der Waals surface area contributed by atoms with Crippen LogP contribution in [0.4, 0.5) is 13.2 Å². The van der Waals surface area contributed by atoms with E-state index in [-0.39, 0.29) is 5.16 Å². The van der Waals surface area contributed by atoms with Gasteiger partial charge in [-0.2, -0.15) is 13.2 Å². The van der Waals surface area contributed by atoms with Crippen LogP contribution in [0.5, 0.6) is 0 Å². The van der Waals surface area contributed by atoms with Crippen LogP contribution in [-0.4, -0.2) is 38.3 Å². The van der Waals surface area contributed by atoms with E-state index in [2.05, 4.69) is 15.2 Å². The van der Waals surface area contributed by atoms with Crippen molar-refractivity contribution in [1.82, 2.24) is 15.2 Å². The van der Waals surface area contributed by atoms with Gasteiger partial charge in [-0.3, -0.25) is 5.10 Å². The summed E-state index contributed by atoms with van der Waals surface area (Å²) in [4.78, 5) is 4.05. The van der Waals surface area contributed by atoms with Crippen LogP contribution in [0.1, 0.15) is 0 Å². The second kappa shape index (κ2) is 5.62. The lowest BCUT2D eigenvalue weighted by Gasteiger charge is -2.12. The molecule has 0 aliphatic heterocycles. The van der Waals surface area contributed by atoms with Gasteiger partial charge in [0.05, 0.1) is 0 Å². The van der Waals surface area contributed by atoms with E-state index in [0.29, 0.717) is 5.82 Å². The first kappa shape index (κ1) is 13.9. The van der Waals surface area contributed by atoms with Gasteiger partial charge in [0.1, 0.15) is 0 Å². The number of aromatic amines is 1. The van der Waals surface area contributed by atoms with Gasteiger partial charge in [0.2, 0.25) is 5.16 Å². The summed E-state index contributed by atoms with van der Waals surface area (Å²) < 4.78 is 36.3. The average molecular weight is 289 g/mol. The molecule has 19 heavy (non-hydrogen) atoms. The lowest BCUT2D eigenvalue weighted by Crippen LogP contribution is -2.30.